The Morgan fingerprint density at radius 2 is 2.28 bits per heavy atom. The summed E-state index contributed by atoms with van der Waals surface area (Å²) in [5, 5.41) is 8.61. The van der Waals surface area contributed by atoms with Gasteiger partial charge in [0.15, 0.2) is 0 Å². The first-order valence-electron chi connectivity index (χ1n) is 5.85. The number of aryl methyl sites for hydroxylation is 2. The predicted octanol–water partition coefficient (Wildman–Crippen LogP) is 2.19. The SMILES string of the molecule is Cc1cc(-c2ccc[nH]2)nc(CCCC(=O)O)n1. The first-order valence-corrected chi connectivity index (χ1v) is 5.85. The van der Waals surface area contributed by atoms with E-state index in [9.17, 15) is 4.79 Å². The highest BCUT2D eigenvalue weighted by atomic mass is 16.4. The van der Waals surface area contributed by atoms with Gasteiger partial charge >= 0.3 is 5.97 Å². The quantitative estimate of drug-likeness (QED) is 0.846. The van der Waals surface area contributed by atoms with Gasteiger partial charge in [-0.1, -0.05) is 0 Å². The van der Waals surface area contributed by atoms with Crippen molar-refractivity contribution in [3.05, 3.63) is 35.9 Å². The summed E-state index contributed by atoms with van der Waals surface area (Å²) in [5.74, 6) is -0.0897. The van der Waals surface area contributed by atoms with E-state index >= 15 is 0 Å². The van der Waals surface area contributed by atoms with Gasteiger partial charge in [-0.05, 0) is 31.5 Å². The Bertz CT molecular complexity index is 535. The number of carbonyl (C=O) groups is 1. The number of nitrogens with zero attached hydrogens (tertiary/aromatic N) is 2. The highest BCUT2D eigenvalue weighted by molar-refractivity contribution is 5.66. The van der Waals surface area contributed by atoms with Gasteiger partial charge < -0.3 is 10.1 Å². The Labute approximate surface area is 105 Å². The molecule has 0 aromatic carbocycles. The lowest BCUT2D eigenvalue weighted by molar-refractivity contribution is -0.137. The first-order chi connectivity index (χ1) is 8.65. The second-order valence-corrected chi connectivity index (χ2v) is 4.14. The molecule has 2 aromatic heterocycles. The van der Waals surface area contributed by atoms with Crippen molar-refractivity contribution < 1.29 is 9.90 Å². The van der Waals surface area contributed by atoms with E-state index in [1.165, 1.54) is 0 Å². The van der Waals surface area contributed by atoms with Gasteiger partial charge in [0.2, 0.25) is 0 Å². The van der Waals surface area contributed by atoms with Crippen LogP contribution in [0.4, 0.5) is 0 Å². The number of aromatic nitrogens is 3. The molecule has 2 rings (SSSR count). The van der Waals surface area contributed by atoms with Crippen molar-refractivity contribution in [3.63, 3.8) is 0 Å². The second-order valence-electron chi connectivity index (χ2n) is 4.14. The predicted molar refractivity (Wildman–Crippen MR) is 67.1 cm³/mol. The van der Waals surface area contributed by atoms with Crippen LogP contribution in [-0.4, -0.2) is 26.0 Å². The zero-order valence-corrected chi connectivity index (χ0v) is 10.2. The third kappa shape index (κ3) is 3.16. The van der Waals surface area contributed by atoms with Crippen LogP contribution in [-0.2, 0) is 11.2 Å². The van der Waals surface area contributed by atoms with Crippen molar-refractivity contribution in [1.82, 2.24) is 15.0 Å². The summed E-state index contributed by atoms with van der Waals surface area (Å²) in [4.78, 5) is 22.3. The summed E-state index contributed by atoms with van der Waals surface area (Å²) >= 11 is 0. The van der Waals surface area contributed by atoms with Gasteiger partial charge in [-0.3, -0.25) is 4.79 Å². The standard InChI is InChI=1S/C13H15N3O2/c1-9-8-11(10-4-3-7-14-10)16-12(15-9)5-2-6-13(17)18/h3-4,7-8,14H,2,5-6H2,1H3,(H,17,18). The largest absolute Gasteiger partial charge is 0.481 e. The van der Waals surface area contributed by atoms with Crippen LogP contribution in [0, 0.1) is 6.92 Å². The molecule has 0 radical (unpaired) electrons. The molecule has 0 aliphatic carbocycles. The lowest BCUT2D eigenvalue weighted by Crippen LogP contribution is -2.02. The van der Waals surface area contributed by atoms with Crippen LogP contribution in [0.1, 0.15) is 24.4 Å². The fourth-order valence-corrected chi connectivity index (χ4v) is 1.77. The Morgan fingerprint density at radius 3 is 2.94 bits per heavy atom. The molecule has 94 valence electrons. The molecule has 0 unspecified atom stereocenters. The number of rotatable bonds is 5. The summed E-state index contributed by atoms with van der Waals surface area (Å²) in [5.41, 5.74) is 2.68. The van der Waals surface area contributed by atoms with E-state index < -0.39 is 5.97 Å². The van der Waals surface area contributed by atoms with Gasteiger partial charge in [-0.2, -0.15) is 0 Å². The molecular weight excluding hydrogens is 230 g/mol. The average molecular weight is 245 g/mol. The molecule has 18 heavy (non-hydrogen) atoms. The Kier molecular flexibility index (Phi) is 3.72. The number of hydrogen-bond donors (Lipinski definition) is 2. The number of aromatic amines is 1. The highest BCUT2D eigenvalue weighted by Gasteiger charge is 2.06. The first kappa shape index (κ1) is 12.3. The van der Waals surface area contributed by atoms with E-state index in [0.717, 1.165) is 17.1 Å². The molecule has 2 aromatic rings. The molecule has 0 saturated heterocycles. The van der Waals surface area contributed by atoms with E-state index in [1.54, 1.807) is 0 Å². The zero-order valence-electron chi connectivity index (χ0n) is 10.2. The molecule has 0 aliphatic rings. The van der Waals surface area contributed by atoms with E-state index in [1.807, 2.05) is 31.3 Å². The maximum absolute atomic E-state index is 10.5. The molecule has 0 amide bonds. The number of hydrogen-bond acceptors (Lipinski definition) is 3. The Balaban J connectivity index is 2.14. The monoisotopic (exact) mass is 245 g/mol. The second kappa shape index (κ2) is 5.44. The third-order valence-corrected chi connectivity index (χ3v) is 2.57. The molecule has 0 saturated carbocycles. The minimum Gasteiger partial charge on any atom is -0.481 e. The molecular formula is C13H15N3O2. The molecule has 0 aliphatic heterocycles. The van der Waals surface area contributed by atoms with Crippen LogP contribution in [0.2, 0.25) is 0 Å². The highest BCUT2D eigenvalue weighted by Crippen LogP contribution is 2.15. The minimum atomic E-state index is -0.785. The van der Waals surface area contributed by atoms with E-state index in [2.05, 4.69) is 15.0 Å². The fraction of sp³-hybridized carbons (Fsp3) is 0.308. The van der Waals surface area contributed by atoms with Crippen LogP contribution in [0.25, 0.3) is 11.4 Å². The van der Waals surface area contributed by atoms with Gasteiger partial charge in [0, 0.05) is 24.7 Å². The Morgan fingerprint density at radius 1 is 1.44 bits per heavy atom. The normalized spacial score (nSPS) is 10.5. The number of carboxylic acid groups (broad SMARTS) is 1. The van der Waals surface area contributed by atoms with Crippen molar-refractivity contribution in [2.24, 2.45) is 0 Å². The van der Waals surface area contributed by atoms with E-state index in [0.29, 0.717) is 18.7 Å². The summed E-state index contributed by atoms with van der Waals surface area (Å²) < 4.78 is 0. The Hall–Kier alpha value is -2.17. The molecule has 0 bridgehead atoms. The summed E-state index contributed by atoms with van der Waals surface area (Å²) in [6, 6.07) is 5.77. The molecule has 5 heteroatoms. The number of carboxylic acids is 1. The lowest BCUT2D eigenvalue weighted by atomic mass is 10.2. The molecule has 0 fully saturated rings. The maximum atomic E-state index is 10.5. The van der Waals surface area contributed by atoms with Crippen LogP contribution in [0.5, 0.6) is 0 Å². The average Bonchev–Trinajstić information content (AvgIpc) is 2.81. The fourth-order valence-electron chi connectivity index (χ4n) is 1.77. The molecule has 0 atom stereocenters. The van der Waals surface area contributed by atoms with E-state index in [-0.39, 0.29) is 6.42 Å². The molecule has 2 N–H and O–H groups in total. The van der Waals surface area contributed by atoms with Crippen molar-refractivity contribution in [3.8, 4) is 11.4 Å². The topological polar surface area (TPSA) is 78.9 Å². The zero-order chi connectivity index (χ0) is 13.0. The summed E-state index contributed by atoms with van der Waals surface area (Å²) in [6.07, 6.45) is 3.14. The summed E-state index contributed by atoms with van der Waals surface area (Å²) in [7, 11) is 0. The third-order valence-electron chi connectivity index (χ3n) is 2.57. The summed E-state index contributed by atoms with van der Waals surface area (Å²) in [6.45, 7) is 1.91. The number of aliphatic carboxylic acids is 1. The van der Waals surface area contributed by atoms with Crippen LogP contribution in [0.3, 0.4) is 0 Å². The van der Waals surface area contributed by atoms with Gasteiger partial charge in [-0.25, -0.2) is 9.97 Å². The molecule has 5 nitrogen and oxygen atoms in total. The van der Waals surface area contributed by atoms with Crippen molar-refractivity contribution in [2.45, 2.75) is 26.2 Å². The molecule has 2 heterocycles. The van der Waals surface area contributed by atoms with Crippen LogP contribution < -0.4 is 0 Å². The van der Waals surface area contributed by atoms with Gasteiger partial charge in [0.1, 0.15) is 5.82 Å². The van der Waals surface area contributed by atoms with Gasteiger partial charge in [-0.15, -0.1) is 0 Å². The van der Waals surface area contributed by atoms with Gasteiger partial charge in [0.05, 0.1) is 11.4 Å². The number of nitrogens with one attached hydrogen (secondary N) is 1. The number of H-pyrrole nitrogens is 1. The molecule has 0 spiro atoms. The smallest absolute Gasteiger partial charge is 0.303 e. The van der Waals surface area contributed by atoms with Crippen LogP contribution in [0.15, 0.2) is 24.4 Å². The lowest BCUT2D eigenvalue weighted by Gasteiger charge is -2.04. The van der Waals surface area contributed by atoms with Crippen LogP contribution >= 0.6 is 0 Å². The minimum absolute atomic E-state index is 0.148. The van der Waals surface area contributed by atoms with Crippen molar-refractivity contribution in [1.29, 1.82) is 0 Å². The maximum Gasteiger partial charge on any atom is 0.303 e. The van der Waals surface area contributed by atoms with Gasteiger partial charge in [0.25, 0.3) is 0 Å². The van der Waals surface area contributed by atoms with Crippen molar-refractivity contribution >= 4 is 5.97 Å². The van der Waals surface area contributed by atoms with E-state index in [4.69, 9.17) is 5.11 Å². The van der Waals surface area contributed by atoms with Crippen molar-refractivity contribution in [2.75, 3.05) is 0 Å².